The molecule has 3 rings (SSSR count). The van der Waals surface area contributed by atoms with Gasteiger partial charge < -0.3 is 9.64 Å². The Kier molecular flexibility index (Phi) is 5.74. The molecule has 0 fully saturated rings. The Morgan fingerprint density at radius 3 is 2.58 bits per heavy atom. The average molecular weight is 422 g/mol. The van der Waals surface area contributed by atoms with Crippen LogP contribution < -0.4 is 0 Å². The molecule has 31 heavy (non-hydrogen) atoms. The van der Waals surface area contributed by atoms with Crippen LogP contribution in [-0.2, 0) is 15.1 Å². The van der Waals surface area contributed by atoms with E-state index < -0.39 is 16.8 Å². The summed E-state index contributed by atoms with van der Waals surface area (Å²) in [4.78, 5) is 34.9. The molecule has 0 N–H and O–H groups in total. The van der Waals surface area contributed by atoms with Gasteiger partial charge in [-0.2, -0.15) is 5.26 Å². The van der Waals surface area contributed by atoms with E-state index in [4.69, 9.17) is 4.74 Å². The Hall–Kier alpha value is -3.44. The number of ether oxygens (including phenoxy) is 1. The molecule has 0 radical (unpaired) electrons. The molecule has 2 aromatic rings. The standard InChI is InChI=1S/C23H23FN4O3/c1-22(2)13-23(31-5,8-16(9-25)20(22)29)19-18(7-17(24)12-27-19)14-6-15(11-26-10-14)21(30)28(3)4/h6-8,10-12H,13H2,1-5H3. The number of nitriles is 1. The van der Waals surface area contributed by atoms with Crippen LogP contribution in [0, 0.1) is 22.6 Å². The predicted molar refractivity (Wildman–Crippen MR) is 111 cm³/mol. The summed E-state index contributed by atoms with van der Waals surface area (Å²) in [5.74, 6) is -1.12. The molecular weight excluding hydrogens is 399 g/mol. The van der Waals surface area contributed by atoms with Gasteiger partial charge in [-0.25, -0.2) is 4.39 Å². The lowest BCUT2D eigenvalue weighted by molar-refractivity contribution is -0.128. The largest absolute Gasteiger partial charge is 0.368 e. The van der Waals surface area contributed by atoms with Crippen LogP contribution in [0.5, 0.6) is 0 Å². The fraction of sp³-hybridized carbons (Fsp3) is 0.348. The molecule has 1 aliphatic carbocycles. The Balaban J connectivity index is 2.27. The summed E-state index contributed by atoms with van der Waals surface area (Å²) in [5.41, 5.74) is -0.686. The fourth-order valence-corrected chi connectivity index (χ4v) is 3.87. The maximum absolute atomic E-state index is 14.3. The monoisotopic (exact) mass is 422 g/mol. The van der Waals surface area contributed by atoms with Gasteiger partial charge in [0.1, 0.15) is 17.5 Å². The highest BCUT2D eigenvalue weighted by molar-refractivity contribution is 6.04. The number of carbonyl (C=O) groups is 2. The second kappa shape index (κ2) is 8.00. The lowest BCUT2D eigenvalue weighted by Crippen LogP contribution is -2.43. The Morgan fingerprint density at radius 1 is 1.26 bits per heavy atom. The summed E-state index contributed by atoms with van der Waals surface area (Å²) < 4.78 is 20.1. The highest BCUT2D eigenvalue weighted by Gasteiger charge is 2.48. The van der Waals surface area contributed by atoms with E-state index in [1.807, 2.05) is 6.07 Å². The number of rotatable bonds is 4. The van der Waals surface area contributed by atoms with Crippen molar-refractivity contribution in [1.29, 1.82) is 5.26 Å². The number of allylic oxidation sites excluding steroid dienone is 1. The van der Waals surface area contributed by atoms with Crippen LogP contribution in [0.1, 0.15) is 36.3 Å². The highest BCUT2D eigenvalue weighted by atomic mass is 19.1. The topological polar surface area (TPSA) is 96.2 Å². The first kappa shape index (κ1) is 22.2. The third-order valence-electron chi connectivity index (χ3n) is 5.38. The summed E-state index contributed by atoms with van der Waals surface area (Å²) in [6.45, 7) is 3.46. The SMILES string of the molecule is COC1(c2ncc(F)cc2-c2cncc(C(=O)N(C)C)c2)C=C(C#N)C(=O)C(C)(C)C1. The molecule has 0 bridgehead atoms. The van der Waals surface area contributed by atoms with Gasteiger partial charge in [0.25, 0.3) is 5.91 Å². The van der Waals surface area contributed by atoms with Gasteiger partial charge in [0.15, 0.2) is 5.78 Å². The number of ketones is 1. The second-order valence-corrected chi connectivity index (χ2v) is 8.36. The van der Waals surface area contributed by atoms with Gasteiger partial charge in [-0.05, 0) is 24.6 Å². The minimum absolute atomic E-state index is 0.0372. The van der Waals surface area contributed by atoms with E-state index in [-0.39, 0.29) is 23.7 Å². The van der Waals surface area contributed by atoms with Gasteiger partial charge in [0.2, 0.25) is 0 Å². The molecule has 8 heteroatoms. The average Bonchev–Trinajstić information content (AvgIpc) is 2.75. The molecule has 0 aliphatic heterocycles. The normalized spacial score (nSPS) is 20.0. The molecule has 1 amide bonds. The third kappa shape index (κ3) is 3.97. The maximum Gasteiger partial charge on any atom is 0.254 e. The number of amides is 1. The Morgan fingerprint density at radius 2 is 1.97 bits per heavy atom. The molecule has 0 aromatic carbocycles. The van der Waals surface area contributed by atoms with E-state index >= 15 is 0 Å². The first-order chi connectivity index (χ1) is 14.5. The Labute approximate surface area is 180 Å². The van der Waals surface area contributed by atoms with Crippen molar-refractivity contribution in [3.05, 3.63) is 59.4 Å². The number of Topliss-reactive ketones (excluding diaryl/α,β-unsaturated/α-hetero) is 1. The molecule has 1 unspecified atom stereocenters. The Bertz CT molecular complexity index is 1130. The van der Waals surface area contributed by atoms with Crippen LogP contribution in [0.25, 0.3) is 11.1 Å². The first-order valence-corrected chi connectivity index (χ1v) is 9.60. The lowest BCUT2D eigenvalue weighted by Gasteiger charge is -2.40. The highest BCUT2D eigenvalue weighted by Crippen LogP contribution is 2.47. The van der Waals surface area contributed by atoms with Crippen molar-refractivity contribution < 1.29 is 18.7 Å². The number of hydrogen-bond donors (Lipinski definition) is 0. The summed E-state index contributed by atoms with van der Waals surface area (Å²) in [7, 11) is 4.70. The zero-order valence-corrected chi connectivity index (χ0v) is 18.1. The van der Waals surface area contributed by atoms with Crippen molar-refractivity contribution in [2.45, 2.75) is 25.9 Å². The van der Waals surface area contributed by atoms with Gasteiger partial charge in [0, 0.05) is 50.1 Å². The van der Waals surface area contributed by atoms with E-state index in [9.17, 15) is 19.2 Å². The molecule has 0 saturated carbocycles. The van der Waals surface area contributed by atoms with Crippen molar-refractivity contribution in [3.63, 3.8) is 0 Å². The molecule has 160 valence electrons. The number of aromatic nitrogens is 2. The van der Waals surface area contributed by atoms with Crippen LogP contribution in [0.3, 0.4) is 0 Å². The van der Waals surface area contributed by atoms with Crippen molar-refractivity contribution in [2.24, 2.45) is 5.41 Å². The van der Waals surface area contributed by atoms with Crippen LogP contribution >= 0.6 is 0 Å². The quantitative estimate of drug-likeness (QED) is 0.750. The van der Waals surface area contributed by atoms with Crippen LogP contribution in [0.15, 0.2) is 42.4 Å². The summed E-state index contributed by atoms with van der Waals surface area (Å²) in [6, 6.07) is 4.83. The van der Waals surface area contributed by atoms with E-state index in [1.165, 1.54) is 36.5 Å². The summed E-state index contributed by atoms with van der Waals surface area (Å²) >= 11 is 0. The lowest BCUT2D eigenvalue weighted by atomic mass is 9.68. The van der Waals surface area contributed by atoms with Gasteiger partial charge in [-0.1, -0.05) is 13.8 Å². The van der Waals surface area contributed by atoms with Gasteiger partial charge in [-0.15, -0.1) is 0 Å². The number of methoxy groups -OCH3 is 1. The van der Waals surface area contributed by atoms with Gasteiger partial charge >= 0.3 is 0 Å². The number of pyridine rings is 2. The fourth-order valence-electron chi connectivity index (χ4n) is 3.87. The van der Waals surface area contributed by atoms with Gasteiger partial charge in [0.05, 0.1) is 23.0 Å². The minimum Gasteiger partial charge on any atom is -0.368 e. The molecule has 1 aliphatic rings. The van der Waals surface area contributed by atoms with Crippen molar-refractivity contribution >= 4 is 11.7 Å². The smallest absolute Gasteiger partial charge is 0.254 e. The molecular formula is C23H23FN4O3. The molecule has 7 nitrogen and oxygen atoms in total. The number of nitrogens with zero attached hydrogens (tertiary/aromatic N) is 4. The van der Waals surface area contributed by atoms with E-state index in [2.05, 4.69) is 9.97 Å². The molecule has 0 spiro atoms. The van der Waals surface area contributed by atoms with Crippen LogP contribution in [0.2, 0.25) is 0 Å². The molecule has 1 atom stereocenters. The van der Waals surface area contributed by atoms with Crippen LogP contribution in [-0.4, -0.2) is 47.8 Å². The number of carbonyl (C=O) groups excluding carboxylic acids is 2. The molecule has 2 heterocycles. The third-order valence-corrected chi connectivity index (χ3v) is 5.38. The van der Waals surface area contributed by atoms with E-state index in [1.54, 1.807) is 34.0 Å². The first-order valence-electron chi connectivity index (χ1n) is 9.60. The van der Waals surface area contributed by atoms with Crippen LogP contribution in [0.4, 0.5) is 4.39 Å². The van der Waals surface area contributed by atoms with Gasteiger partial charge in [-0.3, -0.25) is 19.6 Å². The maximum atomic E-state index is 14.3. The summed E-state index contributed by atoms with van der Waals surface area (Å²) in [6.07, 6.45) is 5.65. The minimum atomic E-state index is -1.24. The predicted octanol–water partition coefficient (Wildman–Crippen LogP) is 3.28. The number of hydrogen-bond acceptors (Lipinski definition) is 6. The van der Waals surface area contributed by atoms with E-state index in [0.29, 0.717) is 22.4 Å². The van der Waals surface area contributed by atoms with E-state index in [0.717, 1.165) is 6.20 Å². The summed E-state index contributed by atoms with van der Waals surface area (Å²) in [5, 5.41) is 9.52. The zero-order chi connectivity index (χ0) is 23.0. The zero-order valence-electron chi connectivity index (χ0n) is 18.1. The van der Waals surface area contributed by atoms with Crippen molar-refractivity contribution in [2.75, 3.05) is 21.2 Å². The second-order valence-electron chi connectivity index (χ2n) is 8.36. The number of halogens is 1. The van der Waals surface area contributed by atoms with Crippen molar-refractivity contribution in [3.8, 4) is 17.2 Å². The molecule has 0 saturated heterocycles. The molecule has 2 aromatic heterocycles. The van der Waals surface area contributed by atoms with Crippen molar-refractivity contribution in [1.82, 2.24) is 14.9 Å².